The Morgan fingerprint density at radius 2 is 1.87 bits per heavy atom. The number of nitrogens with zero attached hydrogens (tertiary/aromatic N) is 6. The summed E-state index contributed by atoms with van der Waals surface area (Å²) in [5.74, 6) is -4.99. The van der Waals surface area contributed by atoms with Gasteiger partial charge in [-0.15, -0.1) is 10.2 Å². The Labute approximate surface area is 212 Å². The van der Waals surface area contributed by atoms with Crippen LogP contribution in [0.4, 0.5) is 38.3 Å². The minimum Gasteiger partial charge on any atom is -0.408 e. The van der Waals surface area contributed by atoms with Crippen molar-refractivity contribution in [2.24, 2.45) is 11.8 Å². The lowest BCUT2D eigenvalue weighted by Gasteiger charge is -2.42. The van der Waals surface area contributed by atoms with Crippen LogP contribution in [-0.4, -0.2) is 50.3 Å². The van der Waals surface area contributed by atoms with Gasteiger partial charge in [-0.05, 0) is 31.4 Å². The number of halogens is 6. The number of anilines is 2. The van der Waals surface area contributed by atoms with Crippen LogP contribution in [0.2, 0.25) is 0 Å². The monoisotopic (exact) mass is 539 g/mol. The molecule has 2 fully saturated rings. The van der Waals surface area contributed by atoms with E-state index in [1.807, 2.05) is 17.9 Å². The molecule has 38 heavy (non-hydrogen) atoms. The molecule has 0 bridgehead atoms. The van der Waals surface area contributed by atoms with E-state index in [0.717, 1.165) is 22.4 Å². The van der Waals surface area contributed by atoms with Crippen LogP contribution in [0.3, 0.4) is 0 Å². The summed E-state index contributed by atoms with van der Waals surface area (Å²) < 4.78 is 90.0. The second-order valence-electron chi connectivity index (χ2n) is 9.88. The molecule has 2 aromatic heterocycles. The van der Waals surface area contributed by atoms with Gasteiger partial charge in [0.1, 0.15) is 11.9 Å². The van der Waals surface area contributed by atoms with Crippen LogP contribution < -0.4 is 10.2 Å². The van der Waals surface area contributed by atoms with Crippen LogP contribution >= 0.6 is 0 Å². The first-order valence-corrected chi connectivity index (χ1v) is 12.2. The number of benzene rings is 1. The molecule has 2 aliphatic heterocycles. The second-order valence-corrected chi connectivity index (χ2v) is 9.88. The Balaban J connectivity index is 1.31. The molecule has 1 saturated carbocycles. The van der Waals surface area contributed by atoms with Crippen molar-refractivity contribution in [2.45, 2.75) is 50.9 Å². The van der Waals surface area contributed by atoms with E-state index in [-0.39, 0.29) is 41.6 Å². The molecule has 8 nitrogen and oxygen atoms in total. The van der Waals surface area contributed by atoms with Gasteiger partial charge in [0.05, 0.1) is 6.04 Å². The number of aromatic nitrogens is 5. The maximum atomic E-state index is 14.6. The van der Waals surface area contributed by atoms with E-state index in [1.165, 1.54) is 0 Å². The third-order valence-electron chi connectivity index (χ3n) is 7.80. The number of fused-ring (bicyclic) bond motifs is 2. The first-order chi connectivity index (χ1) is 18.1. The normalized spacial score (nSPS) is 27.8. The molecule has 1 aliphatic carbocycles. The first kappa shape index (κ1) is 24.7. The zero-order chi connectivity index (χ0) is 26.9. The number of hydrogen-bond donors (Lipinski definition) is 1. The van der Waals surface area contributed by atoms with Crippen molar-refractivity contribution in [3.63, 3.8) is 0 Å². The Kier molecular flexibility index (Phi) is 5.69. The van der Waals surface area contributed by atoms with Crippen LogP contribution in [0.25, 0.3) is 0 Å². The third-order valence-corrected chi connectivity index (χ3v) is 7.80. The van der Waals surface area contributed by atoms with Gasteiger partial charge >= 0.3 is 12.2 Å². The molecule has 202 valence electrons. The van der Waals surface area contributed by atoms with Gasteiger partial charge in [0, 0.05) is 43.3 Å². The molecule has 4 heterocycles. The largest absolute Gasteiger partial charge is 0.410 e. The van der Waals surface area contributed by atoms with E-state index >= 15 is 0 Å². The lowest BCUT2D eigenvalue weighted by molar-refractivity contribution is -0.175. The number of alkyl halides is 3. The number of aryl methyl sites for hydroxylation is 1. The van der Waals surface area contributed by atoms with Crippen LogP contribution in [0.1, 0.15) is 49.0 Å². The molecule has 3 aromatic rings. The minimum atomic E-state index is -4.62. The zero-order valence-corrected chi connectivity index (χ0v) is 20.3. The minimum absolute atomic E-state index is 0.0426. The standard InChI is InChI=1S/C24H23F6N7O/c1-3-11-14-8-36(23-34-33-10(2)38-23)9-15(14)20(11)31-22-32-21-13(12-4-6-16(25)19(27)18(12)26)5-7-17(24(28,29)30)37(21)35-22/h3-4,6,13-15,17,20H,5,7-9H2,1-2H3,(H,31,35)/b11-3+/t13?,14?,15-,17?,20-/m1/s1. The fourth-order valence-electron chi connectivity index (χ4n) is 6.02. The molecule has 1 saturated heterocycles. The Morgan fingerprint density at radius 1 is 1.08 bits per heavy atom. The van der Waals surface area contributed by atoms with Gasteiger partial charge in [0.15, 0.2) is 17.5 Å². The number of rotatable bonds is 4. The van der Waals surface area contributed by atoms with Crippen molar-refractivity contribution >= 4 is 12.0 Å². The van der Waals surface area contributed by atoms with Gasteiger partial charge in [0.25, 0.3) is 0 Å². The average Bonchev–Trinajstić information content (AvgIpc) is 3.57. The topological polar surface area (TPSA) is 84.9 Å². The van der Waals surface area contributed by atoms with Gasteiger partial charge in [-0.1, -0.05) is 17.2 Å². The van der Waals surface area contributed by atoms with Crippen molar-refractivity contribution < 1.29 is 30.8 Å². The highest BCUT2D eigenvalue weighted by atomic mass is 19.4. The van der Waals surface area contributed by atoms with Crippen LogP contribution in [0.15, 0.2) is 28.2 Å². The Bertz CT molecular complexity index is 1420. The molecule has 1 N–H and O–H groups in total. The molecule has 0 amide bonds. The number of allylic oxidation sites excluding steroid dienone is 1. The molecule has 0 spiro atoms. The lowest BCUT2D eigenvalue weighted by Crippen LogP contribution is -2.48. The fraction of sp³-hybridized carbons (Fsp3) is 0.500. The van der Waals surface area contributed by atoms with E-state index in [1.54, 1.807) is 6.92 Å². The van der Waals surface area contributed by atoms with E-state index in [4.69, 9.17) is 4.42 Å². The zero-order valence-electron chi connectivity index (χ0n) is 20.3. The van der Waals surface area contributed by atoms with Gasteiger partial charge in [0.2, 0.25) is 11.8 Å². The summed E-state index contributed by atoms with van der Waals surface area (Å²) in [6.45, 7) is 4.82. The molecule has 3 unspecified atom stereocenters. The molecule has 6 rings (SSSR count). The summed E-state index contributed by atoms with van der Waals surface area (Å²) in [4.78, 5) is 6.29. The lowest BCUT2D eigenvalue weighted by atomic mass is 9.67. The highest BCUT2D eigenvalue weighted by Crippen LogP contribution is 2.49. The predicted octanol–water partition coefficient (Wildman–Crippen LogP) is 4.91. The molecule has 1 aromatic carbocycles. The van der Waals surface area contributed by atoms with E-state index < -0.39 is 42.0 Å². The summed E-state index contributed by atoms with van der Waals surface area (Å²) in [5.41, 5.74) is 0.793. The first-order valence-electron chi connectivity index (χ1n) is 12.2. The van der Waals surface area contributed by atoms with Crippen molar-refractivity contribution in [3.8, 4) is 0 Å². The maximum Gasteiger partial charge on any atom is 0.410 e. The molecular weight excluding hydrogens is 516 g/mol. The fourth-order valence-corrected chi connectivity index (χ4v) is 6.02. The summed E-state index contributed by atoms with van der Waals surface area (Å²) >= 11 is 0. The highest BCUT2D eigenvalue weighted by Gasteiger charge is 2.53. The van der Waals surface area contributed by atoms with Gasteiger partial charge in [-0.3, -0.25) is 0 Å². The quantitative estimate of drug-likeness (QED) is 0.287. The molecule has 0 radical (unpaired) electrons. The summed E-state index contributed by atoms with van der Waals surface area (Å²) in [7, 11) is 0. The Morgan fingerprint density at radius 3 is 2.55 bits per heavy atom. The van der Waals surface area contributed by atoms with Gasteiger partial charge in [-0.2, -0.15) is 18.2 Å². The van der Waals surface area contributed by atoms with Crippen molar-refractivity contribution in [1.29, 1.82) is 0 Å². The van der Waals surface area contributed by atoms with E-state index in [0.29, 0.717) is 25.0 Å². The van der Waals surface area contributed by atoms with Crippen molar-refractivity contribution in [1.82, 2.24) is 25.0 Å². The average molecular weight is 539 g/mol. The van der Waals surface area contributed by atoms with Crippen LogP contribution in [0, 0.1) is 36.2 Å². The Hall–Kier alpha value is -3.58. The number of hydrogen-bond acceptors (Lipinski definition) is 7. The molecular formula is C24H23F6N7O. The van der Waals surface area contributed by atoms with Gasteiger partial charge in [-0.25, -0.2) is 17.9 Å². The second kappa shape index (κ2) is 8.73. The summed E-state index contributed by atoms with van der Waals surface area (Å²) in [5, 5.41) is 15.2. The number of nitrogens with one attached hydrogen (secondary N) is 1. The summed E-state index contributed by atoms with van der Waals surface area (Å²) in [6.07, 6.45) is -3.23. The third kappa shape index (κ3) is 3.83. The van der Waals surface area contributed by atoms with Crippen LogP contribution in [-0.2, 0) is 0 Å². The molecule has 3 aliphatic rings. The summed E-state index contributed by atoms with van der Waals surface area (Å²) in [6, 6.07) is -0.00712. The van der Waals surface area contributed by atoms with Gasteiger partial charge < -0.3 is 14.6 Å². The van der Waals surface area contributed by atoms with Crippen molar-refractivity contribution in [2.75, 3.05) is 23.3 Å². The SMILES string of the molecule is C/C=C1\C2CN(c3nnc(C)o3)C[C@H]2[C@@H]1Nc1nc2n(n1)C(C(F)(F)F)CCC2c1ccc(F)c(F)c1F. The van der Waals surface area contributed by atoms with E-state index in [9.17, 15) is 26.3 Å². The maximum absolute atomic E-state index is 14.6. The van der Waals surface area contributed by atoms with E-state index in [2.05, 4.69) is 25.6 Å². The molecule has 5 atom stereocenters. The predicted molar refractivity (Wildman–Crippen MR) is 122 cm³/mol. The smallest absolute Gasteiger partial charge is 0.408 e. The molecule has 14 heteroatoms. The highest BCUT2D eigenvalue weighted by molar-refractivity contribution is 5.46. The van der Waals surface area contributed by atoms with Crippen LogP contribution in [0.5, 0.6) is 0 Å². The van der Waals surface area contributed by atoms with Crippen molar-refractivity contribution in [3.05, 3.63) is 58.5 Å².